The highest BCUT2D eigenvalue weighted by Crippen LogP contribution is 2.41. The molecule has 2 aliphatic carbocycles. The lowest BCUT2D eigenvalue weighted by molar-refractivity contribution is 0.494. The van der Waals surface area contributed by atoms with E-state index in [-0.39, 0.29) is 21.9 Å². The molecule has 3 rings (SSSR count). The van der Waals surface area contributed by atoms with Gasteiger partial charge in [-0.25, -0.2) is 0 Å². The predicted octanol–water partition coefficient (Wildman–Crippen LogP) is 3.72. The Balaban J connectivity index is 2.31. The standard InChI is InChI=1S/C21H27NO2/c1-20(2,3)12-8-14-15-9-13(21(4,5)6)11-17(15)19(24)22(7)18(23)16(14)10-12/h10-11H,8-9H2,1-7H3. The number of hydrogen-bond acceptors (Lipinski definition) is 2. The van der Waals surface area contributed by atoms with Crippen molar-refractivity contribution in [3.05, 3.63) is 54.1 Å². The summed E-state index contributed by atoms with van der Waals surface area (Å²) < 4.78 is 1.28. The zero-order valence-electron chi connectivity index (χ0n) is 15.8. The molecule has 2 aliphatic rings. The van der Waals surface area contributed by atoms with Crippen LogP contribution >= 0.6 is 0 Å². The van der Waals surface area contributed by atoms with Crippen LogP contribution < -0.4 is 11.1 Å². The first-order valence-corrected chi connectivity index (χ1v) is 8.62. The Hall–Kier alpha value is -1.90. The minimum atomic E-state index is -0.172. The van der Waals surface area contributed by atoms with E-state index in [0.29, 0.717) is 11.1 Å². The molecule has 0 atom stereocenters. The summed E-state index contributed by atoms with van der Waals surface area (Å²) >= 11 is 0. The molecule has 0 bridgehead atoms. The topological polar surface area (TPSA) is 39.1 Å². The van der Waals surface area contributed by atoms with E-state index in [1.165, 1.54) is 15.7 Å². The summed E-state index contributed by atoms with van der Waals surface area (Å²) in [6.45, 7) is 13.0. The molecular weight excluding hydrogens is 298 g/mol. The van der Waals surface area contributed by atoms with Crippen molar-refractivity contribution in [1.29, 1.82) is 0 Å². The van der Waals surface area contributed by atoms with Crippen molar-refractivity contribution in [3.63, 3.8) is 0 Å². The minimum absolute atomic E-state index is 0.0225. The monoisotopic (exact) mass is 325 g/mol. The molecule has 3 nitrogen and oxygen atoms in total. The van der Waals surface area contributed by atoms with Crippen LogP contribution in [0, 0.1) is 10.8 Å². The lowest BCUT2D eigenvalue weighted by Gasteiger charge is -2.21. The van der Waals surface area contributed by atoms with Gasteiger partial charge < -0.3 is 0 Å². The quantitative estimate of drug-likeness (QED) is 0.729. The van der Waals surface area contributed by atoms with Gasteiger partial charge in [-0.2, -0.15) is 0 Å². The molecule has 1 heterocycles. The lowest BCUT2D eigenvalue weighted by Crippen LogP contribution is -2.29. The normalized spacial score (nSPS) is 16.6. The highest BCUT2D eigenvalue weighted by Gasteiger charge is 2.32. The van der Waals surface area contributed by atoms with Gasteiger partial charge in [-0.1, -0.05) is 52.7 Å². The third-order valence-electron chi connectivity index (χ3n) is 5.38. The van der Waals surface area contributed by atoms with Crippen LogP contribution in [0.3, 0.4) is 0 Å². The molecule has 1 aromatic heterocycles. The van der Waals surface area contributed by atoms with E-state index in [2.05, 4.69) is 41.5 Å². The molecule has 0 saturated carbocycles. The van der Waals surface area contributed by atoms with E-state index in [1.54, 1.807) is 7.05 Å². The van der Waals surface area contributed by atoms with Gasteiger partial charge >= 0.3 is 0 Å². The molecule has 1 aromatic rings. The van der Waals surface area contributed by atoms with Crippen LogP contribution in [0.4, 0.5) is 0 Å². The highest BCUT2D eigenvalue weighted by molar-refractivity contribution is 5.72. The molecule has 3 heteroatoms. The first-order chi connectivity index (χ1) is 10.9. The zero-order valence-corrected chi connectivity index (χ0v) is 15.8. The highest BCUT2D eigenvalue weighted by atomic mass is 16.2. The van der Waals surface area contributed by atoms with Crippen molar-refractivity contribution in [1.82, 2.24) is 4.57 Å². The Morgan fingerprint density at radius 2 is 1.08 bits per heavy atom. The van der Waals surface area contributed by atoms with Gasteiger partial charge in [0.25, 0.3) is 11.1 Å². The third-order valence-corrected chi connectivity index (χ3v) is 5.38. The fourth-order valence-corrected chi connectivity index (χ4v) is 3.53. The Bertz CT molecular complexity index is 838. The summed E-state index contributed by atoms with van der Waals surface area (Å²) in [5, 5.41) is 0. The van der Waals surface area contributed by atoms with Crippen molar-refractivity contribution < 1.29 is 0 Å². The number of nitrogens with zero attached hydrogens (tertiary/aromatic N) is 1. The molecular formula is C21H27NO2. The number of fused-ring (bicyclic) bond motifs is 3. The van der Waals surface area contributed by atoms with Crippen LogP contribution in [-0.2, 0) is 19.9 Å². The smallest absolute Gasteiger partial charge is 0.260 e. The molecule has 0 unspecified atom stereocenters. The molecule has 0 aromatic carbocycles. The number of rotatable bonds is 0. The molecule has 0 N–H and O–H groups in total. The maximum Gasteiger partial charge on any atom is 0.260 e. The van der Waals surface area contributed by atoms with Crippen LogP contribution in [-0.4, -0.2) is 4.57 Å². The van der Waals surface area contributed by atoms with Crippen LogP contribution in [0.15, 0.2) is 20.7 Å². The summed E-state index contributed by atoms with van der Waals surface area (Å²) in [6, 6.07) is 0. The van der Waals surface area contributed by atoms with E-state index in [0.717, 1.165) is 24.0 Å². The van der Waals surface area contributed by atoms with Gasteiger partial charge in [-0.15, -0.1) is 0 Å². The Morgan fingerprint density at radius 1 is 0.750 bits per heavy atom. The van der Waals surface area contributed by atoms with Gasteiger partial charge in [0, 0.05) is 18.2 Å². The SMILES string of the molecule is Cn1c(=O)c2c(c3c(c1=O)C=C(C(C)(C)C)C3)CC(C(C)(C)C)=C2. The van der Waals surface area contributed by atoms with Crippen molar-refractivity contribution in [3.8, 4) is 0 Å². The molecule has 24 heavy (non-hydrogen) atoms. The third kappa shape index (κ3) is 2.51. The molecule has 0 amide bonds. The first-order valence-electron chi connectivity index (χ1n) is 8.62. The number of allylic oxidation sites excluding steroid dienone is 2. The largest absolute Gasteiger partial charge is 0.278 e. The van der Waals surface area contributed by atoms with E-state index >= 15 is 0 Å². The molecule has 0 aliphatic heterocycles. The van der Waals surface area contributed by atoms with Crippen molar-refractivity contribution >= 4 is 12.2 Å². The van der Waals surface area contributed by atoms with E-state index in [1.807, 2.05) is 12.2 Å². The van der Waals surface area contributed by atoms with Crippen molar-refractivity contribution in [2.75, 3.05) is 0 Å². The van der Waals surface area contributed by atoms with Crippen LogP contribution in [0.5, 0.6) is 0 Å². The molecule has 0 radical (unpaired) electrons. The van der Waals surface area contributed by atoms with Gasteiger partial charge in [0.05, 0.1) is 0 Å². The maximum atomic E-state index is 12.8. The summed E-state index contributed by atoms with van der Waals surface area (Å²) in [5.41, 5.74) is 5.78. The van der Waals surface area contributed by atoms with E-state index in [4.69, 9.17) is 0 Å². The fraction of sp³-hybridized carbons (Fsp3) is 0.524. The predicted molar refractivity (Wildman–Crippen MR) is 100 cm³/mol. The first kappa shape index (κ1) is 16.9. The minimum Gasteiger partial charge on any atom is -0.278 e. The second-order valence-electron chi connectivity index (χ2n) is 9.15. The average Bonchev–Trinajstić information content (AvgIpc) is 3.05. The molecule has 0 saturated heterocycles. The number of aromatic nitrogens is 1. The van der Waals surface area contributed by atoms with Crippen molar-refractivity contribution in [2.45, 2.75) is 54.4 Å². The average molecular weight is 325 g/mol. The second kappa shape index (κ2) is 5.05. The van der Waals surface area contributed by atoms with Gasteiger partial charge in [0.15, 0.2) is 0 Å². The Kier molecular flexibility index (Phi) is 3.56. The summed E-state index contributed by atoms with van der Waals surface area (Å²) in [7, 11) is 1.59. The summed E-state index contributed by atoms with van der Waals surface area (Å²) in [5.74, 6) is 0. The molecule has 128 valence electrons. The number of hydrogen-bond donors (Lipinski definition) is 0. The van der Waals surface area contributed by atoms with Crippen LogP contribution in [0.25, 0.3) is 12.2 Å². The lowest BCUT2D eigenvalue weighted by atomic mass is 9.83. The van der Waals surface area contributed by atoms with Gasteiger partial charge in [-0.05, 0) is 47.0 Å². The Labute approximate surface area is 143 Å². The van der Waals surface area contributed by atoms with Gasteiger partial charge in [0.1, 0.15) is 0 Å². The summed E-state index contributed by atoms with van der Waals surface area (Å²) in [4.78, 5) is 25.5. The van der Waals surface area contributed by atoms with Crippen molar-refractivity contribution in [2.24, 2.45) is 17.9 Å². The second-order valence-corrected chi connectivity index (χ2v) is 9.15. The van der Waals surface area contributed by atoms with Gasteiger partial charge in [-0.3, -0.25) is 14.2 Å². The maximum absolute atomic E-state index is 12.8. The van der Waals surface area contributed by atoms with E-state index < -0.39 is 0 Å². The Morgan fingerprint density at radius 3 is 1.38 bits per heavy atom. The van der Waals surface area contributed by atoms with Gasteiger partial charge in [0.2, 0.25) is 0 Å². The van der Waals surface area contributed by atoms with Crippen LogP contribution in [0.2, 0.25) is 0 Å². The molecule has 0 spiro atoms. The van der Waals surface area contributed by atoms with E-state index in [9.17, 15) is 9.59 Å². The molecule has 0 fully saturated rings. The zero-order chi connectivity index (χ0) is 18.0. The summed E-state index contributed by atoms with van der Waals surface area (Å²) in [6.07, 6.45) is 5.59. The fourth-order valence-electron chi connectivity index (χ4n) is 3.53. The van der Waals surface area contributed by atoms with Crippen LogP contribution in [0.1, 0.15) is 63.8 Å².